The van der Waals surface area contributed by atoms with E-state index < -0.39 is 0 Å². The molecule has 5 rings (SSSR count). The highest BCUT2D eigenvalue weighted by atomic mass is 16.1. The zero-order valence-corrected chi connectivity index (χ0v) is 21.0. The van der Waals surface area contributed by atoms with Gasteiger partial charge in [0.2, 0.25) is 0 Å². The summed E-state index contributed by atoms with van der Waals surface area (Å²) >= 11 is 0. The van der Waals surface area contributed by atoms with Crippen LogP contribution in [0.3, 0.4) is 0 Å². The van der Waals surface area contributed by atoms with Gasteiger partial charge >= 0.3 is 0 Å². The largest absolute Gasteiger partial charge is 0.370 e. The van der Waals surface area contributed by atoms with Crippen molar-refractivity contribution in [2.45, 2.75) is 46.2 Å². The molecule has 1 aromatic carbocycles. The Kier molecular flexibility index (Phi) is 8.27. The second-order valence-electron chi connectivity index (χ2n) is 9.23. The lowest BCUT2D eigenvalue weighted by molar-refractivity contribution is 0.577. The van der Waals surface area contributed by atoms with Crippen molar-refractivity contribution in [3.8, 4) is 0 Å². The van der Waals surface area contributed by atoms with Gasteiger partial charge in [-0.15, -0.1) is 0 Å². The molecule has 0 atom stereocenters. The molecule has 3 aromatic heterocycles. The molecule has 1 aliphatic rings. The van der Waals surface area contributed by atoms with Crippen LogP contribution in [-0.2, 0) is 20.1 Å². The molecule has 1 saturated heterocycles. The van der Waals surface area contributed by atoms with Crippen LogP contribution in [0.2, 0.25) is 0 Å². The number of anilines is 1. The molecular formula is C29H35N5O. The smallest absolute Gasteiger partial charge is 0.193 e. The Morgan fingerprint density at radius 1 is 0.914 bits per heavy atom. The van der Waals surface area contributed by atoms with Crippen LogP contribution in [0, 0.1) is 13.8 Å². The number of benzene rings is 1. The van der Waals surface area contributed by atoms with Gasteiger partial charge in [-0.05, 0) is 75.1 Å². The fraction of sp³-hybridized carbons (Fsp3) is 0.345. The molecule has 0 spiro atoms. The summed E-state index contributed by atoms with van der Waals surface area (Å²) < 4.78 is 2.00. The van der Waals surface area contributed by atoms with Crippen molar-refractivity contribution < 1.29 is 0 Å². The Bertz CT molecular complexity index is 1310. The molecular weight excluding hydrogens is 434 g/mol. The fourth-order valence-corrected chi connectivity index (χ4v) is 4.49. The van der Waals surface area contributed by atoms with Gasteiger partial charge in [-0.25, -0.2) is 0 Å². The quantitative estimate of drug-likeness (QED) is 0.450. The number of nitrogens with one attached hydrogen (secondary N) is 1. The number of fused-ring (bicyclic) bond motifs is 1. The minimum absolute atomic E-state index is 0.104. The highest BCUT2D eigenvalue weighted by Crippen LogP contribution is 2.18. The lowest BCUT2D eigenvalue weighted by Crippen LogP contribution is -2.29. The van der Waals surface area contributed by atoms with Crippen molar-refractivity contribution in [2.75, 3.05) is 18.0 Å². The van der Waals surface area contributed by atoms with Crippen molar-refractivity contribution in [1.29, 1.82) is 0 Å². The number of hydrogen-bond acceptors (Lipinski definition) is 5. The summed E-state index contributed by atoms with van der Waals surface area (Å²) in [5, 5.41) is 4.10. The zero-order chi connectivity index (χ0) is 24.6. The number of aryl methyl sites for hydroxylation is 3. The molecule has 0 amide bonds. The predicted octanol–water partition coefficient (Wildman–Crippen LogP) is 4.91. The average Bonchev–Trinajstić information content (AvgIpc) is 2.88. The lowest BCUT2D eigenvalue weighted by Gasteiger charge is -2.28. The van der Waals surface area contributed by atoms with Crippen molar-refractivity contribution >= 4 is 16.6 Å². The Hall–Kier alpha value is -3.51. The second-order valence-corrected chi connectivity index (χ2v) is 9.23. The Morgan fingerprint density at radius 2 is 1.71 bits per heavy atom. The predicted molar refractivity (Wildman–Crippen MR) is 144 cm³/mol. The third-order valence-corrected chi connectivity index (χ3v) is 6.39. The summed E-state index contributed by atoms with van der Waals surface area (Å²) in [4.78, 5) is 23.4. The van der Waals surface area contributed by atoms with Crippen molar-refractivity contribution in [1.82, 2.24) is 19.9 Å². The summed E-state index contributed by atoms with van der Waals surface area (Å²) in [6.45, 7) is 7.68. The van der Waals surface area contributed by atoms with E-state index in [2.05, 4.69) is 32.3 Å². The van der Waals surface area contributed by atoms with Crippen LogP contribution in [0.25, 0.3) is 10.9 Å². The zero-order valence-electron chi connectivity index (χ0n) is 21.0. The third-order valence-electron chi connectivity index (χ3n) is 6.39. The standard InChI is InChI=1S/C18H19N3O.C11H16N2/c1-13-9-14(7-8-20-13)10-19-11-15-12-21(2)17-6-4-3-5-16(17)18(15)22;1-10-5-6-11(9-12-10)13-7-3-2-4-8-13/h3-9,12,19H,10-11H2,1-2H3;5-6,9H,2-4,7-8H2,1H3. The van der Waals surface area contributed by atoms with Gasteiger partial charge in [0.05, 0.1) is 17.4 Å². The van der Waals surface area contributed by atoms with E-state index in [0.29, 0.717) is 6.54 Å². The monoisotopic (exact) mass is 469 g/mol. The molecule has 1 aliphatic heterocycles. The fourth-order valence-electron chi connectivity index (χ4n) is 4.49. The van der Waals surface area contributed by atoms with Gasteiger partial charge in [0, 0.05) is 68.0 Å². The van der Waals surface area contributed by atoms with Crippen LogP contribution in [0.1, 0.15) is 41.8 Å². The highest BCUT2D eigenvalue weighted by Gasteiger charge is 2.10. The number of rotatable bonds is 5. The second kappa shape index (κ2) is 11.8. The molecule has 6 nitrogen and oxygen atoms in total. The van der Waals surface area contributed by atoms with Gasteiger partial charge in [-0.2, -0.15) is 0 Å². The molecule has 0 bridgehead atoms. The minimum Gasteiger partial charge on any atom is -0.370 e. The maximum Gasteiger partial charge on any atom is 0.193 e. The summed E-state index contributed by atoms with van der Waals surface area (Å²) in [5.74, 6) is 0. The first-order valence-electron chi connectivity index (χ1n) is 12.4. The van der Waals surface area contributed by atoms with E-state index in [1.54, 1.807) is 6.20 Å². The molecule has 182 valence electrons. The Labute approximate surface area is 207 Å². The first-order valence-corrected chi connectivity index (χ1v) is 12.4. The molecule has 35 heavy (non-hydrogen) atoms. The van der Waals surface area contributed by atoms with E-state index in [-0.39, 0.29) is 5.43 Å². The van der Waals surface area contributed by atoms with Gasteiger partial charge < -0.3 is 14.8 Å². The van der Waals surface area contributed by atoms with E-state index >= 15 is 0 Å². The number of hydrogen-bond donors (Lipinski definition) is 1. The summed E-state index contributed by atoms with van der Waals surface area (Å²) in [6.07, 6.45) is 9.75. The van der Waals surface area contributed by atoms with Gasteiger partial charge in [-0.1, -0.05) is 12.1 Å². The van der Waals surface area contributed by atoms with Crippen LogP contribution in [-0.4, -0.2) is 27.6 Å². The molecule has 6 heteroatoms. The minimum atomic E-state index is 0.104. The van der Waals surface area contributed by atoms with E-state index in [9.17, 15) is 4.79 Å². The summed E-state index contributed by atoms with van der Waals surface area (Å²) in [7, 11) is 1.97. The van der Waals surface area contributed by atoms with E-state index in [4.69, 9.17) is 0 Å². The topological polar surface area (TPSA) is 63.1 Å². The first-order chi connectivity index (χ1) is 17.0. The normalized spacial score (nSPS) is 13.4. The van der Waals surface area contributed by atoms with E-state index in [1.807, 2.05) is 74.3 Å². The van der Waals surface area contributed by atoms with E-state index in [1.165, 1.54) is 43.6 Å². The Balaban J connectivity index is 0.000000189. The summed E-state index contributed by atoms with van der Waals surface area (Å²) in [6, 6.07) is 16.0. The molecule has 0 unspecified atom stereocenters. The number of nitrogens with zero attached hydrogens (tertiary/aromatic N) is 4. The van der Waals surface area contributed by atoms with Gasteiger partial charge in [0.25, 0.3) is 0 Å². The Morgan fingerprint density at radius 3 is 2.46 bits per heavy atom. The van der Waals surface area contributed by atoms with E-state index in [0.717, 1.165) is 34.4 Å². The number of piperidine rings is 1. The average molecular weight is 470 g/mol. The van der Waals surface area contributed by atoms with Gasteiger partial charge in [0.15, 0.2) is 5.43 Å². The van der Waals surface area contributed by atoms with Crippen LogP contribution in [0.5, 0.6) is 0 Å². The first kappa shape index (κ1) is 24.6. The molecule has 0 saturated carbocycles. The molecule has 4 aromatic rings. The highest BCUT2D eigenvalue weighted by molar-refractivity contribution is 5.79. The number of para-hydroxylation sites is 1. The van der Waals surface area contributed by atoms with Crippen LogP contribution in [0.15, 0.2) is 71.9 Å². The molecule has 1 fully saturated rings. The number of pyridine rings is 3. The van der Waals surface area contributed by atoms with Crippen LogP contribution >= 0.6 is 0 Å². The SMILES string of the molecule is Cc1cc(CNCc2cn(C)c3ccccc3c2=O)ccn1.Cc1ccc(N2CCCCC2)cn1. The molecule has 1 N–H and O–H groups in total. The van der Waals surface area contributed by atoms with Gasteiger partial charge in [0.1, 0.15) is 0 Å². The summed E-state index contributed by atoms with van der Waals surface area (Å²) in [5.41, 5.74) is 6.40. The van der Waals surface area contributed by atoms with Crippen LogP contribution < -0.4 is 15.6 Å². The molecule has 0 aliphatic carbocycles. The maximum absolute atomic E-state index is 12.5. The van der Waals surface area contributed by atoms with Crippen molar-refractivity contribution in [3.05, 3.63) is 99.9 Å². The maximum atomic E-state index is 12.5. The van der Waals surface area contributed by atoms with Crippen molar-refractivity contribution in [3.63, 3.8) is 0 Å². The van der Waals surface area contributed by atoms with Gasteiger partial charge in [-0.3, -0.25) is 14.8 Å². The molecule has 4 heterocycles. The lowest BCUT2D eigenvalue weighted by atomic mass is 10.1. The molecule has 0 radical (unpaired) electrons. The number of aromatic nitrogens is 3. The van der Waals surface area contributed by atoms with Crippen molar-refractivity contribution in [2.24, 2.45) is 7.05 Å². The third kappa shape index (κ3) is 6.55. The van der Waals surface area contributed by atoms with Crippen LogP contribution in [0.4, 0.5) is 5.69 Å².